The summed E-state index contributed by atoms with van der Waals surface area (Å²) in [5, 5.41) is 0.657. The van der Waals surface area contributed by atoms with Crippen LogP contribution in [0.25, 0.3) is 22.0 Å². The highest BCUT2D eigenvalue weighted by Gasteiger charge is 2.29. The van der Waals surface area contributed by atoms with E-state index in [1.165, 1.54) is 65.4 Å². The average Bonchev–Trinajstić information content (AvgIpc) is 3.23. The number of nitrogens with one attached hydrogen (secondary N) is 3. The van der Waals surface area contributed by atoms with E-state index in [2.05, 4.69) is 14.4 Å². The molecule has 5 aromatic rings. The summed E-state index contributed by atoms with van der Waals surface area (Å²) in [5.41, 5.74) is 0.120. The number of hydrogen-bond donors (Lipinski definition) is 3. The van der Waals surface area contributed by atoms with Crippen molar-refractivity contribution in [1.29, 1.82) is 0 Å². The van der Waals surface area contributed by atoms with Crippen LogP contribution in [0.3, 0.4) is 0 Å². The summed E-state index contributed by atoms with van der Waals surface area (Å²) < 4.78 is 70.8. The topological polar surface area (TPSA) is 147 Å². The van der Waals surface area contributed by atoms with E-state index in [4.69, 9.17) is 11.6 Å². The molecule has 0 aliphatic carbocycles. The second-order valence-corrected chi connectivity index (χ2v) is 13.6. The van der Waals surface area contributed by atoms with E-state index in [0.29, 0.717) is 15.9 Å². The van der Waals surface area contributed by atoms with Gasteiger partial charge in [0.15, 0.2) is 0 Å². The predicted molar refractivity (Wildman–Crippen MR) is 164 cm³/mol. The zero-order chi connectivity index (χ0) is 30.9. The molecule has 0 bridgehead atoms. The van der Waals surface area contributed by atoms with Gasteiger partial charge >= 0.3 is 0 Å². The van der Waals surface area contributed by atoms with Gasteiger partial charge in [-0.2, -0.15) is 0 Å². The van der Waals surface area contributed by atoms with E-state index >= 15 is 0 Å². The third-order valence-corrected chi connectivity index (χ3v) is 8.53. The first-order chi connectivity index (χ1) is 20.3. The van der Waals surface area contributed by atoms with Gasteiger partial charge in [-0.25, -0.2) is 25.9 Å². The van der Waals surface area contributed by atoms with Crippen molar-refractivity contribution >= 4 is 54.1 Å². The molecule has 0 unspecified atom stereocenters. The molecule has 0 aliphatic heterocycles. The number of H-pyrrole nitrogens is 1. The van der Waals surface area contributed by atoms with E-state index in [-0.39, 0.29) is 40.2 Å². The third-order valence-electron chi connectivity index (χ3n) is 6.52. The molecule has 0 atom stereocenters. The molecule has 5 rings (SSSR count). The smallest absolute Gasteiger partial charge is 0.282 e. The normalized spacial score (nSPS) is 11.9. The third kappa shape index (κ3) is 6.63. The monoisotopic (exact) mass is 642 g/mol. The number of carbonyl (C=O) groups is 1. The number of rotatable bonds is 9. The Labute approximate surface area is 251 Å². The minimum atomic E-state index is -4.45. The Morgan fingerprint density at radius 2 is 1.65 bits per heavy atom. The largest absolute Gasteiger partial charge is 0.331 e. The Bertz CT molecular complexity index is 2160. The number of carbonyl (C=O) groups excluding carboxylic acids is 1. The quantitative estimate of drug-likeness (QED) is 0.216. The first kappa shape index (κ1) is 30.0. The molecular weight excluding hydrogens is 619 g/mol. The number of fused-ring (bicyclic) bond motifs is 1. The first-order valence-corrected chi connectivity index (χ1v) is 16.6. The number of pyridine rings is 1. The number of benzene rings is 3. The summed E-state index contributed by atoms with van der Waals surface area (Å²) in [4.78, 5) is 29.5. The number of hydrogen-bond acceptors (Lipinski definition) is 6. The minimum absolute atomic E-state index is 0.0302. The van der Waals surface area contributed by atoms with E-state index < -0.39 is 43.1 Å². The maximum atomic E-state index is 14.8. The molecule has 14 heteroatoms. The van der Waals surface area contributed by atoms with Crippen LogP contribution in [0, 0.1) is 5.82 Å². The van der Waals surface area contributed by atoms with Gasteiger partial charge in [0.2, 0.25) is 20.0 Å². The van der Waals surface area contributed by atoms with E-state index in [9.17, 15) is 30.8 Å². The molecule has 0 saturated carbocycles. The van der Waals surface area contributed by atoms with E-state index in [1.54, 1.807) is 24.3 Å². The van der Waals surface area contributed by atoms with Crippen LogP contribution in [0.5, 0.6) is 0 Å². The number of anilines is 1. The molecule has 0 saturated heterocycles. The molecule has 222 valence electrons. The summed E-state index contributed by atoms with van der Waals surface area (Å²) >= 11 is 6.30. The Balaban J connectivity index is 1.67. The molecule has 1 amide bonds. The van der Waals surface area contributed by atoms with Crippen molar-refractivity contribution in [2.75, 3.05) is 11.0 Å². The van der Waals surface area contributed by atoms with Crippen molar-refractivity contribution < 1.29 is 26.0 Å². The molecule has 3 N–H and O–H groups in total. The van der Waals surface area contributed by atoms with Gasteiger partial charge in [0, 0.05) is 38.8 Å². The molecule has 0 fully saturated rings. The van der Waals surface area contributed by atoms with Crippen LogP contribution in [0.1, 0.15) is 21.6 Å². The van der Waals surface area contributed by atoms with Crippen molar-refractivity contribution in [2.24, 2.45) is 0 Å². The van der Waals surface area contributed by atoms with Gasteiger partial charge in [0.25, 0.3) is 11.5 Å². The number of para-hydroxylation sites is 1. The van der Waals surface area contributed by atoms with Crippen LogP contribution in [-0.4, -0.2) is 38.5 Å². The Kier molecular flexibility index (Phi) is 8.14. The van der Waals surface area contributed by atoms with Gasteiger partial charge < -0.3 is 9.55 Å². The molecule has 10 nitrogen and oxygen atoms in total. The molecule has 2 aromatic heterocycles. The van der Waals surface area contributed by atoms with Gasteiger partial charge in [-0.15, -0.1) is 0 Å². The van der Waals surface area contributed by atoms with Crippen LogP contribution < -0.4 is 15.0 Å². The second kappa shape index (κ2) is 11.7. The summed E-state index contributed by atoms with van der Waals surface area (Å²) in [6, 6.07) is 19.5. The van der Waals surface area contributed by atoms with Crippen molar-refractivity contribution in [3.8, 4) is 11.1 Å². The van der Waals surface area contributed by atoms with Gasteiger partial charge in [0.05, 0.1) is 24.2 Å². The maximum Gasteiger partial charge on any atom is 0.282 e. The summed E-state index contributed by atoms with van der Waals surface area (Å²) in [7, 11) is -8.17. The fourth-order valence-electron chi connectivity index (χ4n) is 4.79. The lowest BCUT2D eigenvalue weighted by Gasteiger charge is -2.15. The lowest BCUT2D eigenvalue weighted by Crippen LogP contribution is -2.34. The molecule has 0 aliphatic rings. The van der Waals surface area contributed by atoms with Crippen molar-refractivity contribution in [3.05, 3.63) is 123 Å². The molecule has 2 heterocycles. The van der Waals surface area contributed by atoms with Crippen LogP contribution >= 0.6 is 11.6 Å². The summed E-state index contributed by atoms with van der Waals surface area (Å²) in [6.45, 7) is -0.181. The highest BCUT2D eigenvalue weighted by Crippen LogP contribution is 2.36. The lowest BCUT2D eigenvalue weighted by atomic mass is 10.0. The maximum absolute atomic E-state index is 14.8. The zero-order valence-corrected chi connectivity index (χ0v) is 24.9. The highest BCUT2D eigenvalue weighted by atomic mass is 35.5. The Morgan fingerprint density at radius 1 is 0.953 bits per heavy atom. The van der Waals surface area contributed by atoms with E-state index in [0.717, 1.165) is 6.26 Å². The molecule has 0 spiro atoms. The van der Waals surface area contributed by atoms with Crippen molar-refractivity contribution in [2.45, 2.75) is 12.3 Å². The van der Waals surface area contributed by atoms with Crippen LogP contribution in [0.15, 0.2) is 89.9 Å². The minimum Gasteiger partial charge on any atom is -0.331 e. The van der Waals surface area contributed by atoms with Crippen molar-refractivity contribution in [1.82, 2.24) is 14.3 Å². The molecular formula is C29H24ClFN4O6S2. The second-order valence-electron chi connectivity index (χ2n) is 9.70. The number of nitrogens with zero attached hydrogens (tertiary/aromatic N) is 1. The van der Waals surface area contributed by atoms with Gasteiger partial charge in [0.1, 0.15) is 11.5 Å². The number of halogens is 2. The van der Waals surface area contributed by atoms with Gasteiger partial charge in [-0.05, 0) is 48.0 Å². The van der Waals surface area contributed by atoms with E-state index in [1.807, 2.05) is 0 Å². The Morgan fingerprint density at radius 3 is 2.35 bits per heavy atom. The predicted octanol–water partition coefficient (Wildman–Crippen LogP) is 4.47. The molecule has 43 heavy (non-hydrogen) atoms. The standard InChI is InChI=1S/C29H24ClFN4O6S2/c1-42(38,39)33-24-11-5-3-8-19(24)17-43(40,41)34-29(37)27-26(21-9-6-14-32-28(21)36)22-15-20(30)12-13-25(22)35(27)16-18-7-2-4-10-23(18)31/h2-15,33H,16-17H2,1H3,(H,32,36)(H,34,37). The van der Waals surface area contributed by atoms with Crippen molar-refractivity contribution in [3.63, 3.8) is 0 Å². The summed E-state index contributed by atoms with van der Waals surface area (Å²) in [6.07, 6.45) is 2.33. The number of sulfonamides is 2. The van der Waals surface area contributed by atoms with Crippen LogP contribution in [-0.2, 0) is 32.3 Å². The number of aromatic nitrogens is 2. The van der Waals surface area contributed by atoms with Gasteiger partial charge in [-0.3, -0.25) is 14.3 Å². The number of aromatic amines is 1. The van der Waals surface area contributed by atoms with Gasteiger partial charge in [-0.1, -0.05) is 48.0 Å². The summed E-state index contributed by atoms with van der Waals surface area (Å²) in [5.74, 6) is -2.39. The zero-order valence-electron chi connectivity index (χ0n) is 22.5. The molecule has 0 radical (unpaired) electrons. The lowest BCUT2D eigenvalue weighted by molar-refractivity contribution is 0.0974. The fraction of sp³-hybridized carbons (Fsp3) is 0.103. The first-order valence-electron chi connectivity index (χ1n) is 12.7. The number of amides is 1. The van der Waals surface area contributed by atoms with Crippen LogP contribution in [0.4, 0.5) is 10.1 Å². The Hall–Kier alpha value is -4.46. The highest BCUT2D eigenvalue weighted by molar-refractivity contribution is 7.92. The van der Waals surface area contributed by atoms with Crippen LogP contribution in [0.2, 0.25) is 5.02 Å². The molecule has 3 aromatic carbocycles. The average molecular weight is 643 g/mol. The SMILES string of the molecule is CS(=O)(=O)Nc1ccccc1CS(=O)(=O)NC(=O)c1c(-c2ccc[nH]c2=O)c2cc(Cl)ccc2n1Cc1ccccc1F. The fourth-order valence-corrected chi connectivity index (χ4v) is 6.67.